The van der Waals surface area contributed by atoms with E-state index in [0.717, 1.165) is 53.8 Å². The Balaban J connectivity index is 1.02. The Kier molecular flexibility index (Phi) is 9.65. The molecule has 1 aromatic heterocycles. The van der Waals surface area contributed by atoms with Gasteiger partial charge in [-0.2, -0.15) is 0 Å². The molecule has 9 heteroatoms. The van der Waals surface area contributed by atoms with Crippen molar-refractivity contribution >= 4 is 16.9 Å². The van der Waals surface area contributed by atoms with Crippen LogP contribution >= 0.6 is 0 Å². The van der Waals surface area contributed by atoms with Crippen molar-refractivity contribution in [3.63, 3.8) is 0 Å². The fraction of sp³-hybridized carbons (Fsp3) is 0.432. The first-order valence-corrected chi connectivity index (χ1v) is 16.7. The highest BCUT2D eigenvalue weighted by atomic mass is 16.7. The van der Waals surface area contributed by atoms with Gasteiger partial charge in [-0.3, -0.25) is 14.7 Å². The molecular weight excluding hydrogens is 578 g/mol. The number of likely N-dealkylation sites (tertiary alicyclic amines) is 2. The van der Waals surface area contributed by atoms with E-state index in [1.165, 1.54) is 45.0 Å². The SMILES string of the molecule is O=C(NCc1ccc([C@@H]2O[C@H](CN3CCC[C@H]3CN3CCCC3)C[C@H](c3ccc(CO)cc3)O2)cc1)c1cnc2ccccc2n1. The van der Waals surface area contributed by atoms with Gasteiger partial charge in [0, 0.05) is 37.7 Å². The van der Waals surface area contributed by atoms with Crippen molar-refractivity contribution in [1.82, 2.24) is 25.1 Å². The molecule has 4 atom stereocenters. The minimum atomic E-state index is -0.502. The summed E-state index contributed by atoms with van der Waals surface area (Å²) >= 11 is 0. The molecule has 4 aromatic rings. The van der Waals surface area contributed by atoms with E-state index in [4.69, 9.17) is 9.47 Å². The molecule has 0 saturated carbocycles. The molecular formula is C37H43N5O4. The van der Waals surface area contributed by atoms with Crippen LogP contribution in [0, 0.1) is 0 Å². The number of aliphatic hydroxyl groups is 1. The number of carbonyl (C=O) groups is 1. The number of ether oxygens (including phenoxy) is 2. The number of fused-ring (bicyclic) bond motifs is 1. The number of hydrogen-bond donors (Lipinski definition) is 2. The topological polar surface area (TPSA) is 100 Å². The first-order valence-electron chi connectivity index (χ1n) is 16.7. The molecule has 0 radical (unpaired) electrons. The first-order chi connectivity index (χ1) is 22.6. The smallest absolute Gasteiger partial charge is 0.271 e. The predicted octanol–water partition coefficient (Wildman–Crippen LogP) is 5.16. The lowest BCUT2D eigenvalue weighted by Gasteiger charge is -2.39. The Bertz CT molecular complexity index is 1610. The van der Waals surface area contributed by atoms with E-state index in [2.05, 4.69) is 37.2 Å². The minimum Gasteiger partial charge on any atom is -0.392 e. The second-order valence-electron chi connectivity index (χ2n) is 12.8. The molecule has 0 aliphatic carbocycles. The van der Waals surface area contributed by atoms with Crippen molar-refractivity contribution in [2.45, 2.75) is 69.8 Å². The molecule has 1 amide bonds. The Morgan fingerprint density at radius 3 is 2.37 bits per heavy atom. The average Bonchev–Trinajstić information content (AvgIpc) is 3.79. The number of aliphatic hydroxyl groups excluding tert-OH is 1. The maximum absolute atomic E-state index is 12.8. The highest BCUT2D eigenvalue weighted by molar-refractivity contribution is 5.93. The molecule has 3 aliphatic heterocycles. The lowest BCUT2D eigenvalue weighted by molar-refractivity contribution is -0.253. The quantitative estimate of drug-likeness (QED) is 0.251. The maximum atomic E-state index is 12.8. The average molecular weight is 622 g/mol. The summed E-state index contributed by atoms with van der Waals surface area (Å²) in [4.78, 5) is 26.9. The van der Waals surface area contributed by atoms with Crippen LogP contribution in [0.15, 0.2) is 79.0 Å². The van der Waals surface area contributed by atoms with E-state index >= 15 is 0 Å². The molecule has 9 nitrogen and oxygen atoms in total. The van der Waals surface area contributed by atoms with Gasteiger partial charge in [0.05, 0.1) is 36.0 Å². The van der Waals surface area contributed by atoms with Gasteiger partial charge in [0.15, 0.2) is 6.29 Å². The zero-order valence-electron chi connectivity index (χ0n) is 26.3. The lowest BCUT2D eigenvalue weighted by Crippen LogP contribution is -2.45. The second-order valence-corrected chi connectivity index (χ2v) is 12.8. The van der Waals surface area contributed by atoms with Crippen molar-refractivity contribution in [2.24, 2.45) is 0 Å². The number of nitrogens with zero attached hydrogens (tertiary/aromatic N) is 4. The molecule has 3 fully saturated rings. The van der Waals surface area contributed by atoms with Gasteiger partial charge in [-0.25, -0.2) is 4.98 Å². The van der Waals surface area contributed by atoms with Gasteiger partial charge in [0.25, 0.3) is 5.91 Å². The fourth-order valence-electron chi connectivity index (χ4n) is 7.03. The molecule has 0 spiro atoms. The Morgan fingerprint density at radius 2 is 1.59 bits per heavy atom. The number of rotatable bonds is 10. The van der Waals surface area contributed by atoms with E-state index in [-0.39, 0.29) is 24.7 Å². The van der Waals surface area contributed by atoms with Gasteiger partial charge in [0.1, 0.15) is 5.69 Å². The van der Waals surface area contributed by atoms with E-state index in [1.807, 2.05) is 60.7 Å². The van der Waals surface area contributed by atoms with Crippen LogP contribution in [0.25, 0.3) is 11.0 Å². The lowest BCUT2D eigenvalue weighted by atomic mass is 9.99. The first kappa shape index (κ1) is 30.9. The van der Waals surface area contributed by atoms with Gasteiger partial charge in [-0.15, -0.1) is 0 Å². The summed E-state index contributed by atoms with van der Waals surface area (Å²) in [6.45, 7) is 6.01. The summed E-state index contributed by atoms with van der Waals surface area (Å²) in [5.41, 5.74) is 5.66. The molecule has 3 saturated heterocycles. The summed E-state index contributed by atoms with van der Waals surface area (Å²) in [6.07, 6.45) is 6.83. The molecule has 7 rings (SSSR count). The number of amides is 1. The van der Waals surface area contributed by atoms with E-state index in [0.29, 0.717) is 23.8 Å². The van der Waals surface area contributed by atoms with Gasteiger partial charge < -0.3 is 24.8 Å². The van der Waals surface area contributed by atoms with E-state index < -0.39 is 6.29 Å². The van der Waals surface area contributed by atoms with Gasteiger partial charge >= 0.3 is 0 Å². The van der Waals surface area contributed by atoms with E-state index in [9.17, 15) is 9.90 Å². The van der Waals surface area contributed by atoms with Crippen LogP contribution in [0.3, 0.4) is 0 Å². The van der Waals surface area contributed by atoms with Gasteiger partial charge in [-0.1, -0.05) is 60.7 Å². The van der Waals surface area contributed by atoms with Crippen LogP contribution in [0.1, 0.15) is 77.2 Å². The third-order valence-electron chi connectivity index (χ3n) is 9.61. The Morgan fingerprint density at radius 1 is 0.848 bits per heavy atom. The highest BCUT2D eigenvalue weighted by Gasteiger charge is 2.36. The molecule has 0 bridgehead atoms. The van der Waals surface area contributed by atoms with Crippen molar-refractivity contribution in [3.8, 4) is 0 Å². The van der Waals surface area contributed by atoms with Crippen LogP contribution in [0.4, 0.5) is 0 Å². The van der Waals surface area contributed by atoms with Crippen molar-refractivity contribution in [3.05, 3.63) is 107 Å². The normalized spacial score (nSPS) is 24.0. The zero-order chi connectivity index (χ0) is 31.3. The number of aromatic nitrogens is 2. The molecule has 240 valence electrons. The summed E-state index contributed by atoms with van der Waals surface area (Å²) in [7, 11) is 0. The van der Waals surface area contributed by atoms with Crippen LogP contribution in [-0.2, 0) is 22.6 Å². The second kappa shape index (κ2) is 14.4. The standard InChI is InChI=1S/C37H43N5O4/c43-25-27-11-13-28(14-12-27)35-20-31(24-42-19-5-6-30(42)23-41-17-3-4-18-41)45-37(46-35)29-15-9-26(10-16-29)21-39-36(44)34-22-38-32-7-1-2-8-33(32)40-34/h1-2,7-16,22,30-31,35,37,43H,3-6,17-21,23-25H2,(H,39,44)/t30-,31-,35+,37+/m0/s1. The molecule has 4 heterocycles. The number of benzene rings is 3. The van der Waals surface area contributed by atoms with Crippen molar-refractivity contribution in [1.29, 1.82) is 0 Å². The maximum Gasteiger partial charge on any atom is 0.271 e. The van der Waals surface area contributed by atoms with E-state index in [1.54, 1.807) is 0 Å². The number of nitrogens with one attached hydrogen (secondary N) is 1. The number of para-hydroxylation sites is 2. The molecule has 0 unspecified atom stereocenters. The van der Waals surface area contributed by atoms with Gasteiger partial charge in [0.2, 0.25) is 0 Å². The van der Waals surface area contributed by atoms with Crippen molar-refractivity contribution < 1.29 is 19.4 Å². The number of hydrogen-bond acceptors (Lipinski definition) is 8. The largest absolute Gasteiger partial charge is 0.392 e. The molecule has 3 aromatic carbocycles. The highest BCUT2D eigenvalue weighted by Crippen LogP contribution is 2.39. The summed E-state index contributed by atoms with van der Waals surface area (Å²) in [6, 6.07) is 24.2. The fourth-order valence-corrected chi connectivity index (χ4v) is 7.03. The van der Waals surface area contributed by atoms with Gasteiger partial charge in [-0.05, 0) is 74.1 Å². The summed E-state index contributed by atoms with van der Waals surface area (Å²) in [5.74, 6) is -0.260. The number of carbonyl (C=O) groups excluding carboxylic acids is 1. The monoisotopic (exact) mass is 621 g/mol. The minimum absolute atomic E-state index is 0.0238. The molecule has 46 heavy (non-hydrogen) atoms. The summed E-state index contributed by atoms with van der Waals surface area (Å²) < 4.78 is 13.3. The third-order valence-corrected chi connectivity index (χ3v) is 9.61. The predicted molar refractivity (Wildman–Crippen MR) is 176 cm³/mol. The van der Waals surface area contributed by atoms with Crippen molar-refractivity contribution in [2.75, 3.05) is 32.7 Å². The summed E-state index contributed by atoms with van der Waals surface area (Å²) in [5, 5.41) is 12.5. The zero-order valence-corrected chi connectivity index (χ0v) is 26.3. The third kappa shape index (κ3) is 7.29. The molecule has 3 aliphatic rings. The Hall–Kier alpha value is -3.73. The van der Waals surface area contributed by atoms with Crippen LogP contribution in [0.5, 0.6) is 0 Å². The van der Waals surface area contributed by atoms with Crippen LogP contribution in [0.2, 0.25) is 0 Å². The van der Waals surface area contributed by atoms with Crippen LogP contribution < -0.4 is 5.32 Å². The Labute approximate surface area is 270 Å². The van der Waals surface area contributed by atoms with Crippen LogP contribution in [-0.4, -0.2) is 75.7 Å². The molecule has 2 N–H and O–H groups in total.